The molecule has 0 unspecified atom stereocenters. The highest BCUT2D eigenvalue weighted by atomic mass is 32.2. The highest BCUT2D eigenvalue weighted by Crippen LogP contribution is 2.40. The number of fused-ring (bicyclic) bond motifs is 1. The standard InChI is InChI=1S/C33H37N11O11S2/c1-33(2,31(52)53)55-41-22(18-14-57-32(35)39-18)27(48)40-23-28(49)44-24(30(50)51)16(13-56-29(23)44)6-5-9-42-11-17(25(34)38-15-42)36-7-3-4-8-37-26(47)19-10-20(45)21(46)12-43(19)54/h5-6,10-11,14-15,23,29,34,36,54H,3-4,7-9,12-13H2,1-2H3,(H6,35,37,39,40,47,48,50,51,52,53)/p+1/b6-5+,41-22-/t23-,29-/m1/s1. The lowest BCUT2D eigenvalue weighted by Gasteiger charge is -2.49. The van der Waals surface area contributed by atoms with Crippen LogP contribution in [0.4, 0.5) is 16.6 Å². The molecular weight excluding hydrogens is 791 g/mol. The molecule has 5 rings (SSSR count). The van der Waals surface area contributed by atoms with E-state index >= 15 is 0 Å². The van der Waals surface area contributed by atoms with Gasteiger partial charge in [0.1, 0.15) is 53.5 Å². The Kier molecular flexibility index (Phi) is 12.9. The Morgan fingerprint density at radius 2 is 1.89 bits per heavy atom. The van der Waals surface area contributed by atoms with Gasteiger partial charge in [-0.1, -0.05) is 11.2 Å². The van der Waals surface area contributed by atoms with E-state index in [1.165, 1.54) is 37.3 Å². The number of rotatable bonds is 17. The average molecular weight is 829 g/mol. The summed E-state index contributed by atoms with van der Waals surface area (Å²) < 4.78 is 1.69. The maximum absolute atomic E-state index is 13.3. The third-order valence-electron chi connectivity index (χ3n) is 8.45. The second kappa shape index (κ2) is 17.6. The summed E-state index contributed by atoms with van der Waals surface area (Å²) in [5.74, 6) is -6.24. The van der Waals surface area contributed by atoms with Crippen molar-refractivity contribution in [2.45, 2.75) is 50.3 Å². The summed E-state index contributed by atoms with van der Waals surface area (Å²) in [4.78, 5) is 100. The number of nitrogens with one attached hydrogen (secondary N) is 3. The fourth-order valence-corrected chi connectivity index (χ4v) is 7.20. The highest BCUT2D eigenvalue weighted by molar-refractivity contribution is 8.00. The van der Waals surface area contributed by atoms with Crippen molar-refractivity contribution in [1.82, 2.24) is 30.6 Å². The van der Waals surface area contributed by atoms with Crippen LogP contribution in [0.15, 0.2) is 58.3 Å². The first-order valence-electron chi connectivity index (χ1n) is 17.0. The molecule has 22 nitrogen and oxygen atoms in total. The number of anilines is 3. The number of thiazole rings is 1. The SMILES string of the molecule is CC(C)(O/N=C(\C(=O)N[C@@H]1C(=O)N2C(C(=O)O)=C(/C=C/C[n+]3cnc(N)c(NCCCCNC(=O)C4=CC(=O)C(=O)CN4O)c3)CS[C@H]12)c1csc(N)n1)C(=O)O. The van der Waals surface area contributed by atoms with Gasteiger partial charge in [-0.15, -0.1) is 23.1 Å². The predicted molar refractivity (Wildman–Crippen MR) is 201 cm³/mol. The number of hydroxylamine groups is 2. The largest absolute Gasteiger partial charge is 0.478 e. The van der Waals surface area contributed by atoms with E-state index < -0.39 is 70.5 Å². The number of hydrogen-bond acceptors (Lipinski definition) is 18. The number of allylic oxidation sites excluding steroid dienone is 3. The molecule has 1 saturated heterocycles. The van der Waals surface area contributed by atoms with Gasteiger partial charge in [-0.3, -0.25) is 34.1 Å². The molecule has 3 aliphatic heterocycles. The number of nitrogens with zero attached hydrogens (tertiary/aromatic N) is 6. The van der Waals surface area contributed by atoms with Crippen molar-refractivity contribution in [2.24, 2.45) is 5.16 Å². The Bertz CT molecular complexity index is 2130. The number of carbonyl (C=O) groups excluding carboxylic acids is 5. The van der Waals surface area contributed by atoms with E-state index in [1.54, 1.807) is 22.9 Å². The number of ketones is 2. The van der Waals surface area contributed by atoms with E-state index in [2.05, 4.69) is 31.1 Å². The molecule has 0 spiro atoms. The van der Waals surface area contributed by atoms with Crippen LogP contribution in [0.2, 0.25) is 0 Å². The van der Waals surface area contributed by atoms with Gasteiger partial charge in [-0.2, -0.15) is 0 Å². The van der Waals surface area contributed by atoms with Crippen molar-refractivity contribution < 1.29 is 58.4 Å². The third-order valence-corrected chi connectivity index (χ3v) is 10.4. The van der Waals surface area contributed by atoms with Crippen LogP contribution < -0.4 is 32.0 Å². The van der Waals surface area contributed by atoms with Gasteiger partial charge >= 0.3 is 11.9 Å². The molecule has 0 radical (unpaired) electrons. The molecule has 5 heterocycles. The van der Waals surface area contributed by atoms with Gasteiger partial charge < -0.3 is 42.5 Å². The zero-order valence-electron chi connectivity index (χ0n) is 30.3. The molecular formula is C33H38N11O11S2+. The van der Waals surface area contributed by atoms with E-state index in [9.17, 15) is 49.0 Å². The average Bonchev–Trinajstić information content (AvgIpc) is 3.59. The maximum Gasteiger partial charge on any atom is 0.352 e. The Morgan fingerprint density at radius 1 is 1.16 bits per heavy atom. The third kappa shape index (κ3) is 9.71. The summed E-state index contributed by atoms with van der Waals surface area (Å²) in [6.07, 6.45) is 8.37. The molecule has 0 saturated carbocycles. The van der Waals surface area contributed by atoms with E-state index in [1.807, 2.05) is 0 Å². The number of carboxylic acid groups (broad SMARTS) is 2. The summed E-state index contributed by atoms with van der Waals surface area (Å²) in [6.45, 7) is 2.79. The molecule has 2 aromatic rings. The number of β-lactam (4-membered cyclic amide) rings is 1. The predicted octanol–water partition coefficient (Wildman–Crippen LogP) is -1.40. The fourth-order valence-electron chi connectivity index (χ4n) is 5.33. The van der Waals surface area contributed by atoms with Gasteiger partial charge in [0.25, 0.3) is 29.9 Å². The van der Waals surface area contributed by atoms with E-state index in [4.69, 9.17) is 16.3 Å². The molecule has 3 amide bonds. The van der Waals surface area contributed by atoms with Crippen LogP contribution in [0.5, 0.6) is 0 Å². The number of hydrogen-bond donors (Lipinski definition) is 8. The van der Waals surface area contributed by atoms with Crippen molar-refractivity contribution in [2.75, 3.05) is 42.2 Å². The van der Waals surface area contributed by atoms with Gasteiger partial charge in [-0.05, 0) is 43.3 Å². The van der Waals surface area contributed by atoms with E-state index in [0.717, 1.165) is 22.3 Å². The Hall–Kier alpha value is -6.40. The first kappa shape index (κ1) is 41.8. The zero-order chi connectivity index (χ0) is 41.6. The number of carbonyl (C=O) groups is 7. The second-order valence-electron chi connectivity index (χ2n) is 13.0. The number of thioether (sulfide) groups is 1. The molecule has 302 valence electrons. The van der Waals surface area contributed by atoms with Gasteiger partial charge in [0, 0.05) is 30.3 Å². The molecule has 0 aliphatic carbocycles. The number of oxime groups is 1. The number of Topliss-reactive ketones (excluding diaryl/α,β-unsaturated/α-hetero) is 1. The summed E-state index contributed by atoms with van der Waals surface area (Å²) in [5.41, 5.74) is 9.82. The van der Waals surface area contributed by atoms with Crippen molar-refractivity contribution in [1.29, 1.82) is 0 Å². The quantitative estimate of drug-likeness (QED) is 0.0227. The number of aliphatic carboxylic acids is 2. The molecule has 24 heteroatoms. The second-order valence-corrected chi connectivity index (χ2v) is 15.0. The first-order valence-corrected chi connectivity index (χ1v) is 18.9. The summed E-state index contributed by atoms with van der Waals surface area (Å²) in [6, 6.07) is -1.14. The monoisotopic (exact) mass is 828 g/mol. The van der Waals surface area contributed by atoms with Crippen molar-refractivity contribution >= 4 is 86.7 Å². The van der Waals surface area contributed by atoms with Crippen LogP contribution in [0.1, 0.15) is 32.4 Å². The van der Waals surface area contributed by atoms with Crippen LogP contribution in [0.25, 0.3) is 0 Å². The molecule has 3 aliphatic rings. The number of nitrogens with two attached hydrogens (primary N) is 2. The number of aromatic nitrogens is 3. The van der Waals surface area contributed by atoms with Crippen molar-refractivity contribution in [3.05, 3.63) is 58.8 Å². The normalized spacial score (nSPS) is 18.5. The summed E-state index contributed by atoms with van der Waals surface area (Å²) >= 11 is 2.23. The van der Waals surface area contributed by atoms with Crippen LogP contribution in [0, 0.1) is 0 Å². The molecule has 57 heavy (non-hydrogen) atoms. The Balaban J connectivity index is 1.16. The number of unbranched alkanes of at least 4 members (excludes halogenated alkanes) is 1. The first-order chi connectivity index (χ1) is 27.0. The molecule has 1 fully saturated rings. The van der Waals surface area contributed by atoms with Crippen molar-refractivity contribution in [3.63, 3.8) is 0 Å². The van der Waals surface area contributed by atoms with Crippen LogP contribution in [0.3, 0.4) is 0 Å². The number of carboxylic acids is 2. The lowest BCUT2D eigenvalue weighted by Crippen LogP contribution is -2.71. The van der Waals surface area contributed by atoms with Crippen molar-refractivity contribution in [3.8, 4) is 0 Å². The van der Waals surface area contributed by atoms with Gasteiger partial charge in [0.15, 0.2) is 10.8 Å². The lowest BCUT2D eigenvalue weighted by molar-refractivity contribution is -0.689. The minimum atomic E-state index is -1.80. The van der Waals surface area contributed by atoms with Crippen LogP contribution in [-0.4, -0.2) is 125 Å². The minimum absolute atomic E-state index is 0.0127. The lowest BCUT2D eigenvalue weighted by atomic mass is 10.0. The van der Waals surface area contributed by atoms with Gasteiger partial charge in [0.05, 0.1) is 0 Å². The zero-order valence-corrected chi connectivity index (χ0v) is 32.0. The van der Waals surface area contributed by atoms with E-state index in [0.29, 0.717) is 35.7 Å². The molecule has 2 atom stereocenters. The molecule has 10 N–H and O–H groups in total. The topological polar surface area (TPSA) is 326 Å². The summed E-state index contributed by atoms with van der Waals surface area (Å²) in [5, 5.41) is 42.4. The van der Waals surface area contributed by atoms with E-state index in [-0.39, 0.29) is 46.9 Å². The Labute approximate surface area is 331 Å². The maximum atomic E-state index is 13.3. The number of nitrogen functional groups attached to an aromatic ring is 2. The fraction of sp³-hybridized carbons (Fsp3) is 0.364. The van der Waals surface area contributed by atoms with Gasteiger partial charge in [-0.25, -0.2) is 24.2 Å². The summed E-state index contributed by atoms with van der Waals surface area (Å²) in [7, 11) is 0. The molecule has 0 bridgehead atoms. The van der Waals surface area contributed by atoms with Crippen LogP contribution in [-0.2, 0) is 44.9 Å². The smallest absolute Gasteiger partial charge is 0.352 e. The minimum Gasteiger partial charge on any atom is -0.478 e. The molecule has 0 aromatic carbocycles. The van der Waals surface area contributed by atoms with Crippen LogP contribution >= 0.6 is 23.1 Å². The molecule has 2 aromatic heterocycles. The highest BCUT2D eigenvalue weighted by Gasteiger charge is 2.54. The Morgan fingerprint density at radius 3 is 2.58 bits per heavy atom. The number of amides is 3. The van der Waals surface area contributed by atoms with Gasteiger partial charge in [0.2, 0.25) is 17.2 Å².